The minimum Gasteiger partial charge on any atom is -0.478 e. The first-order chi connectivity index (χ1) is 9.58. The Morgan fingerprint density at radius 1 is 1.30 bits per heavy atom. The van der Waals surface area contributed by atoms with Gasteiger partial charge in [0.05, 0.1) is 17.2 Å². The number of imidazole rings is 1. The number of rotatable bonds is 2. The molecule has 5 nitrogen and oxygen atoms in total. The highest BCUT2D eigenvalue weighted by atomic mass is 16.4. The number of aryl methyl sites for hydroxylation is 1. The molecule has 0 spiro atoms. The van der Waals surface area contributed by atoms with Crippen LogP contribution < -0.4 is 0 Å². The molecule has 3 rings (SSSR count). The minimum absolute atomic E-state index is 0.198. The van der Waals surface area contributed by atoms with E-state index in [0.717, 1.165) is 37.0 Å². The molecule has 0 amide bonds. The summed E-state index contributed by atoms with van der Waals surface area (Å²) < 4.78 is 2.13. The summed E-state index contributed by atoms with van der Waals surface area (Å²) >= 11 is 0. The van der Waals surface area contributed by atoms with E-state index in [1.165, 1.54) is 0 Å². The molecule has 2 aromatic rings. The second kappa shape index (κ2) is 4.90. The lowest BCUT2D eigenvalue weighted by Crippen LogP contribution is -2.21. The summed E-state index contributed by atoms with van der Waals surface area (Å²) in [5.41, 5.74) is 1.69. The van der Waals surface area contributed by atoms with E-state index >= 15 is 0 Å². The van der Waals surface area contributed by atoms with Crippen molar-refractivity contribution in [1.82, 2.24) is 9.55 Å². The minimum atomic E-state index is -0.945. The fraction of sp³-hybridized carbons (Fsp3) is 0.467. The Kier molecular flexibility index (Phi) is 3.22. The van der Waals surface area contributed by atoms with Gasteiger partial charge in [0.15, 0.2) is 0 Å². The molecule has 0 radical (unpaired) electrons. The third-order valence-electron chi connectivity index (χ3n) is 4.16. The van der Waals surface area contributed by atoms with Crippen LogP contribution in [0.5, 0.6) is 0 Å². The number of carboxylic acid groups (broad SMARTS) is 1. The maximum Gasteiger partial charge on any atom is 0.337 e. The topological polar surface area (TPSA) is 75.3 Å². The summed E-state index contributed by atoms with van der Waals surface area (Å²) in [7, 11) is 0. The molecule has 0 bridgehead atoms. The van der Waals surface area contributed by atoms with Crippen molar-refractivity contribution in [2.45, 2.75) is 44.8 Å². The molecule has 20 heavy (non-hydrogen) atoms. The molecule has 0 aliphatic heterocycles. The van der Waals surface area contributed by atoms with Crippen LogP contribution in [0, 0.1) is 6.92 Å². The number of nitrogens with zero attached hydrogens (tertiary/aromatic N) is 2. The zero-order chi connectivity index (χ0) is 14.3. The summed E-state index contributed by atoms with van der Waals surface area (Å²) in [6.45, 7) is 1.91. The number of para-hydroxylation sites is 1. The van der Waals surface area contributed by atoms with Crippen LogP contribution in [-0.4, -0.2) is 31.8 Å². The fourth-order valence-corrected chi connectivity index (χ4v) is 3.18. The first-order valence-electron chi connectivity index (χ1n) is 6.97. The summed E-state index contributed by atoms with van der Waals surface area (Å²) in [5, 5.41) is 18.9. The quantitative estimate of drug-likeness (QED) is 0.882. The smallest absolute Gasteiger partial charge is 0.337 e. The number of carboxylic acids is 1. The number of hydrogen-bond donors (Lipinski definition) is 2. The van der Waals surface area contributed by atoms with Crippen molar-refractivity contribution in [3.8, 4) is 0 Å². The van der Waals surface area contributed by atoms with Crippen LogP contribution in [0.15, 0.2) is 18.2 Å². The SMILES string of the molecule is Cc1nc2c(C(=O)O)cccc2n1C1CCC(O)CC1. The van der Waals surface area contributed by atoms with Gasteiger partial charge in [0.25, 0.3) is 0 Å². The molecule has 1 aliphatic carbocycles. The van der Waals surface area contributed by atoms with E-state index in [1.807, 2.05) is 13.0 Å². The van der Waals surface area contributed by atoms with Crippen molar-refractivity contribution < 1.29 is 15.0 Å². The zero-order valence-corrected chi connectivity index (χ0v) is 11.4. The molecule has 1 aromatic carbocycles. The van der Waals surface area contributed by atoms with Gasteiger partial charge in [-0.1, -0.05) is 6.07 Å². The van der Waals surface area contributed by atoms with Crippen LogP contribution in [0.3, 0.4) is 0 Å². The number of benzene rings is 1. The van der Waals surface area contributed by atoms with Gasteiger partial charge in [0.2, 0.25) is 0 Å². The molecular formula is C15H18N2O3. The lowest BCUT2D eigenvalue weighted by Gasteiger charge is -2.27. The zero-order valence-electron chi connectivity index (χ0n) is 11.4. The molecule has 0 saturated heterocycles. The molecule has 1 heterocycles. The van der Waals surface area contributed by atoms with Gasteiger partial charge in [-0.25, -0.2) is 9.78 Å². The maximum absolute atomic E-state index is 11.3. The Labute approximate surface area is 116 Å². The standard InChI is InChI=1S/C15H18N2O3/c1-9-16-14-12(15(19)20)3-2-4-13(14)17(9)10-5-7-11(18)8-6-10/h2-4,10-11,18H,5-8H2,1H3,(H,19,20). The van der Waals surface area contributed by atoms with Crippen molar-refractivity contribution in [2.24, 2.45) is 0 Å². The van der Waals surface area contributed by atoms with Crippen LogP contribution in [0.2, 0.25) is 0 Å². The molecule has 1 fully saturated rings. The molecule has 106 valence electrons. The van der Waals surface area contributed by atoms with Gasteiger partial charge in [-0.2, -0.15) is 0 Å². The number of aromatic nitrogens is 2. The highest BCUT2D eigenvalue weighted by Crippen LogP contribution is 2.33. The molecule has 1 aliphatic rings. The summed E-state index contributed by atoms with van der Waals surface area (Å²) in [5.74, 6) is -0.102. The van der Waals surface area contributed by atoms with Crippen LogP contribution in [0.1, 0.15) is 47.9 Å². The van der Waals surface area contributed by atoms with Gasteiger partial charge in [-0.15, -0.1) is 0 Å². The second-order valence-corrected chi connectivity index (χ2v) is 5.47. The van der Waals surface area contributed by atoms with Gasteiger partial charge >= 0.3 is 5.97 Å². The average Bonchev–Trinajstić information content (AvgIpc) is 2.75. The van der Waals surface area contributed by atoms with Crippen molar-refractivity contribution in [3.63, 3.8) is 0 Å². The van der Waals surface area contributed by atoms with E-state index < -0.39 is 5.97 Å². The summed E-state index contributed by atoms with van der Waals surface area (Å²) in [6.07, 6.45) is 3.20. The average molecular weight is 274 g/mol. The lowest BCUT2D eigenvalue weighted by molar-refractivity contribution is 0.0699. The van der Waals surface area contributed by atoms with Gasteiger partial charge in [0, 0.05) is 6.04 Å². The van der Waals surface area contributed by atoms with E-state index in [9.17, 15) is 15.0 Å². The Morgan fingerprint density at radius 2 is 2.00 bits per heavy atom. The Hall–Kier alpha value is -1.88. The van der Waals surface area contributed by atoms with Crippen molar-refractivity contribution in [1.29, 1.82) is 0 Å². The van der Waals surface area contributed by atoms with Gasteiger partial charge in [-0.05, 0) is 44.7 Å². The Morgan fingerprint density at radius 3 is 2.65 bits per heavy atom. The molecule has 1 aromatic heterocycles. The van der Waals surface area contributed by atoms with Gasteiger partial charge < -0.3 is 14.8 Å². The fourth-order valence-electron chi connectivity index (χ4n) is 3.18. The molecule has 0 unspecified atom stereocenters. The van der Waals surface area contributed by atoms with E-state index in [0.29, 0.717) is 11.6 Å². The van der Waals surface area contributed by atoms with Crippen LogP contribution in [0.25, 0.3) is 11.0 Å². The van der Waals surface area contributed by atoms with E-state index in [-0.39, 0.29) is 11.7 Å². The second-order valence-electron chi connectivity index (χ2n) is 5.47. The number of aliphatic hydroxyl groups excluding tert-OH is 1. The monoisotopic (exact) mass is 274 g/mol. The molecule has 0 atom stereocenters. The third kappa shape index (κ3) is 2.08. The number of carbonyl (C=O) groups is 1. The van der Waals surface area contributed by atoms with Crippen LogP contribution >= 0.6 is 0 Å². The molecule has 2 N–H and O–H groups in total. The third-order valence-corrected chi connectivity index (χ3v) is 4.16. The Balaban J connectivity index is 2.09. The molecular weight excluding hydrogens is 256 g/mol. The summed E-state index contributed by atoms with van der Waals surface area (Å²) in [4.78, 5) is 15.7. The normalized spacial score (nSPS) is 23.1. The lowest BCUT2D eigenvalue weighted by atomic mass is 9.92. The Bertz CT molecular complexity index is 654. The first-order valence-corrected chi connectivity index (χ1v) is 6.97. The maximum atomic E-state index is 11.3. The largest absolute Gasteiger partial charge is 0.478 e. The molecule has 5 heteroatoms. The van der Waals surface area contributed by atoms with Crippen LogP contribution in [-0.2, 0) is 0 Å². The van der Waals surface area contributed by atoms with E-state index in [1.54, 1.807) is 12.1 Å². The van der Waals surface area contributed by atoms with E-state index in [4.69, 9.17) is 0 Å². The predicted molar refractivity (Wildman–Crippen MR) is 74.9 cm³/mol. The van der Waals surface area contributed by atoms with Crippen molar-refractivity contribution >= 4 is 17.0 Å². The van der Waals surface area contributed by atoms with Gasteiger partial charge in [0.1, 0.15) is 11.3 Å². The van der Waals surface area contributed by atoms with Crippen LogP contribution in [0.4, 0.5) is 0 Å². The first kappa shape index (κ1) is 13.1. The number of aliphatic hydroxyl groups is 1. The number of aromatic carboxylic acids is 1. The van der Waals surface area contributed by atoms with Crippen molar-refractivity contribution in [3.05, 3.63) is 29.6 Å². The predicted octanol–water partition coefficient (Wildman–Crippen LogP) is 2.52. The number of fused-ring (bicyclic) bond motifs is 1. The highest BCUT2D eigenvalue weighted by molar-refractivity contribution is 6.01. The molecule has 1 saturated carbocycles. The summed E-state index contributed by atoms with van der Waals surface area (Å²) in [6, 6.07) is 5.58. The van der Waals surface area contributed by atoms with Crippen molar-refractivity contribution in [2.75, 3.05) is 0 Å². The van der Waals surface area contributed by atoms with Gasteiger partial charge in [-0.3, -0.25) is 0 Å². The van der Waals surface area contributed by atoms with E-state index in [2.05, 4.69) is 9.55 Å². The highest BCUT2D eigenvalue weighted by Gasteiger charge is 2.24. The number of hydrogen-bond acceptors (Lipinski definition) is 3.